The average Bonchev–Trinajstić information content (AvgIpc) is 2.86. The van der Waals surface area contributed by atoms with Crippen molar-refractivity contribution in [2.45, 2.75) is 36.1 Å². The molecule has 2 fully saturated rings. The average molecular weight is 428 g/mol. The number of methoxy groups -OCH3 is 2. The minimum absolute atomic E-state index is 0. The molecule has 2 amide bonds. The molecule has 8 nitrogen and oxygen atoms in total. The molecule has 2 saturated heterocycles. The van der Waals surface area contributed by atoms with Gasteiger partial charge in [0.2, 0.25) is 5.91 Å². The van der Waals surface area contributed by atoms with Crippen LogP contribution in [0.1, 0.15) is 24.2 Å². The van der Waals surface area contributed by atoms with Crippen molar-refractivity contribution in [2.24, 2.45) is 0 Å². The summed E-state index contributed by atoms with van der Waals surface area (Å²) in [6.45, 7) is 3.56. The second kappa shape index (κ2) is 9.59. The second-order valence-corrected chi connectivity index (χ2v) is 8.36. The summed E-state index contributed by atoms with van der Waals surface area (Å²) in [6, 6.07) is 3.24. The van der Waals surface area contributed by atoms with Crippen LogP contribution >= 0.6 is 11.8 Å². The predicted octanol–water partition coefficient (Wildman–Crippen LogP) is -0.348. The van der Waals surface area contributed by atoms with Gasteiger partial charge in [0.1, 0.15) is 34.5 Å². The third-order valence-corrected chi connectivity index (χ3v) is 6.19. The third kappa shape index (κ3) is 4.21. The van der Waals surface area contributed by atoms with Gasteiger partial charge in [-0.25, -0.2) is 4.79 Å². The number of thioether (sulfide) groups is 1. The van der Waals surface area contributed by atoms with E-state index >= 15 is 0 Å². The van der Waals surface area contributed by atoms with E-state index in [-0.39, 0.29) is 64.7 Å². The van der Waals surface area contributed by atoms with Crippen molar-refractivity contribution in [2.75, 3.05) is 14.2 Å². The Labute approximate surface area is 211 Å². The summed E-state index contributed by atoms with van der Waals surface area (Å²) in [5, 5.41) is 11.7. The molecule has 2 aliphatic rings. The van der Waals surface area contributed by atoms with Gasteiger partial charge in [-0.3, -0.25) is 9.59 Å². The Morgan fingerprint density at radius 2 is 1.71 bits per heavy atom. The molecular formula is C17H22N2Na2O6S. The van der Waals surface area contributed by atoms with Gasteiger partial charge >= 0.3 is 65.1 Å². The molecule has 0 radical (unpaired) electrons. The van der Waals surface area contributed by atoms with Crippen LogP contribution in [0.25, 0.3) is 0 Å². The number of carbonyl (C=O) groups is 3. The van der Waals surface area contributed by atoms with Gasteiger partial charge in [0, 0.05) is 4.75 Å². The van der Waals surface area contributed by atoms with E-state index in [1.165, 1.54) is 30.9 Å². The Bertz CT molecular complexity index is 769. The number of β-lactam (4-membered cyclic amide) rings is 1. The van der Waals surface area contributed by atoms with Crippen molar-refractivity contribution < 1.29 is 29.0 Å². The first-order valence-corrected chi connectivity index (χ1v) is 8.85. The van der Waals surface area contributed by atoms with Crippen LogP contribution in [0.3, 0.4) is 0 Å². The molecule has 28 heavy (non-hydrogen) atoms. The van der Waals surface area contributed by atoms with Crippen LogP contribution in [0, 0.1) is 0 Å². The minimum atomic E-state index is -1.05. The van der Waals surface area contributed by atoms with Crippen molar-refractivity contribution in [3.63, 3.8) is 0 Å². The Morgan fingerprint density at radius 1 is 1.18 bits per heavy atom. The number of ether oxygens (including phenoxy) is 2. The molecule has 0 saturated carbocycles. The molecule has 1 unspecified atom stereocenters. The van der Waals surface area contributed by atoms with Crippen molar-refractivity contribution in [1.29, 1.82) is 0 Å². The number of nitrogens with zero attached hydrogens (tertiary/aromatic N) is 1. The number of fused-ring (bicyclic) bond motifs is 1. The number of carboxylic acids is 1. The number of hydrogen-bond acceptors (Lipinski definition) is 6. The number of carboxylic acid groups (broad SMARTS) is 1. The molecule has 0 aromatic heterocycles. The molecule has 2 N–H and O–H groups in total. The topological polar surface area (TPSA) is 105 Å². The molecular weight excluding hydrogens is 406 g/mol. The molecule has 1 aromatic carbocycles. The Balaban J connectivity index is 0.00000196. The normalized spacial score (nSPS) is 24.1. The van der Waals surface area contributed by atoms with Gasteiger partial charge in [-0.15, -0.1) is 11.8 Å². The summed E-state index contributed by atoms with van der Waals surface area (Å²) in [7, 11) is 2.88. The van der Waals surface area contributed by atoms with Gasteiger partial charge in [0.15, 0.2) is 0 Å². The zero-order chi connectivity index (χ0) is 19.2. The Morgan fingerprint density at radius 3 is 2.18 bits per heavy atom. The van der Waals surface area contributed by atoms with Crippen LogP contribution in [0.4, 0.5) is 0 Å². The van der Waals surface area contributed by atoms with Gasteiger partial charge < -0.3 is 24.8 Å². The van der Waals surface area contributed by atoms with E-state index in [2.05, 4.69) is 5.32 Å². The number of benzene rings is 1. The van der Waals surface area contributed by atoms with Gasteiger partial charge in [0.05, 0.1) is 14.2 Å². The van der Waals surface area contributed by atoms with Gasteiger partial charge in [-0.1, -0.05) is 6.07 Å². The van der Waals surface area contributed by atoms with Crippen molar-refractivity contribution in [3.05, 3.63) is 23.8 Å². The molecule has 0 bridgehead atoms. The maximum absolute atomic E-state index is 12.8. The maximum atomic E-state index is 12.8. The van der Waals surface area contributed by atoms with E-state index in [4.69, 9.17) is 9.47 Å². The molecule has 3 rings (SSSR count). The number of hydrogen-bond donors (Lipinski definition) is 2. The second-order valence-electron chi connectivity index (χ2n) is 6.59. The molecule has 11 heteroatoms. The van der Waals surface area contributed by atoms with Crippen molar-refractivity contribution in [1.82, 2.24) is 10.2 Å². The van der Waals surface area contributed by atoms with Crippen LogP contribution in [0.15, 0.2) is 18.2 Å². The SMILES string of the molecule is COc1cccc(OC)c1C(=O)NC1C(=O)N2[C@@H]1SC(C)(C)[C@@H]2C(=O)O.[NaH].[NaH]. The summed E-state index contributed by atoms with van der Waals surface area (Å²) in [5.41, 5.74) is 0.195. The number of carbonyl (C=O) groups excluding carboxylic acids is 2. The number of rotatable bonds is 5. The van der Waals surface area contributed by atoms with Crippen molar-refractivity contribution >= 4 is 88.7 Å². The van der Waals surface area contributed by atoms with E-state index in [0.29, 0.717) is 11.5 Å². The fraction of sp³-hybridized carbons (Fsp3) is 0.471. The van der Waals surface area contributed by atoms with Crippen LogP contribution in [-0.2, 0) is 9.59 Å². The molecule has 1 aromatic rings. The first-order chi connectivity index (χ1) is 12.2. The fourth-order valence-corrected chi connectivity index (χ4v) is 5.06. The van der Waals surface area contributed by atoms with Gasteiger partial charge in [-0.05, 0) is 26.0 Å². The van der Waals surface area contributed by atoms with Crippen LogP contribution < -0.4 is 14.8 Å². The first kappa shape index (κ1) is 25.6. The third-order valence-electron chi connectivity index (χ3n) is 4.62. The number of nitrogens with one attached hydrogen (secondary N) is 1. The van der Waals surface area contributed by atoms with E-state index in [0.717, 1.165) is 0 Å². The van der Waals surface area contributed by atoms with Crippen molar-refractivity contribution in [3.8, 4) is 11.5 Å². The van der Waals surface area contributed by atoms with E-state index in [1.807, 2.05) is 0 Å². The molecule has 144 valence electrons. The quantitative estimate of drug-likeness (QED) is 0.488. The van der Waals surface area contributed by atoms with E-state index in [1.54, 1.807) is 32.0 Å². The van der Waals surface area contributed by atoms with Crippen LogP contribution in [-0.4, -0.2) is 123 Å². The predicted molar refractivity (Wildman–Crippen MR) is 109 cm³/mol. The zero-order valence-electron chi connectivity index (χ0n) is 14.8. The summed E-state index contributed by atoms with van der Waals surface area (Å²) >= 11 is 1.37. The molecule has 0 aliphatic carbocycles. The number of amides is 2. The Hall–Kier alpha value is -0.420. The molecule has 2 heterocycles. The first-order valence-electron chi connectivity index (χ1n) is 7.97. The summed E-state index contributed by atoms with van der Waals surface area (Å²) in [6.07, 6.45) is 0. The van der Waals surface area contributed by atoms with Gasteiger partial charge in [-0.2, -0.15) is 0 Å². The summed E-state index contributed by atoms with van der Waals surface area (Å²) < 4.78 is 9.79. The standard InChI is InChI=1S/C17H20N2O6S.2Na.2H/c1-17(2)12(16(22)23)19-14(21)11(15(19)26-17)18-13(20)10-8(24-3)6-5-7-9(10)25-4;;;;/h5-7,11-12,15H,1-4H3,(H,18,20)(H,22,23);;;;/t11?,12-,15+;;;;/m0..../s1. The zero-order valence-corrected chi connectivity index (χ0v) is 15.6. The van der Waals surface area contributed by atoms with E-state index < -0.39 is 40.0 Å². The number of aliphatic carboxylic acids is 1. The fourth-order valence-electron chi connectivity index (χ4n) is 3.43. The van der Waals surface area contributed by atoms with E-state index in [9.17, 15) is 19.5 Å². The summed E-state index contributed by atoms with van der Waals surface area (Å²) in [4.78, 5) is 38.1. The monoisotopic (exact) mass is 428 g/mol. The van der Waals surface area contributed by atoms with Crippen LogP contribution in [0.2, 0.25) is 0 Å². The molecule has 0 spiro atoms. The molecule has 3 atom stereocenters. The summed E-state index contributed by atoms with van der Waals surface area (Å²) in [5.74, 6) is -1.30. The Kier molecular flexibility index (Phi) is 8.78. The van der Waals surface area contributed by atoms with Gasteiger partial charge in [0.25, 0.3) is 5.91 Å². The van der Waals surface area contributed by atoms with Crippen LogP contribution in [0.5, 0.6) is 11.5 Å². The molecule has 2 aliphatic heterocycles.